The quantitative estimate of drug-likeness (QED) is 0.696. The molecule has 1 saturated heterocycles. The lowest BCUT2D eigenvalue weighted by molar-refractivity contribution is 0.0705. The maximum absolute atomic E-state index is 14.6. The number of pyridine rings is 1. The van der Waals surface area contributed by atoms with Crippen LogP contribution in [0.5, 0.6) is 0 Å². The Kier molecular flexibility index (Phi) is 5.79. The normalized spacial score (nSPS) is 16.2. The van der Waals surface area contributed by atoms with E-state index >= 15 is 0 Å². The number of hydrogen-bond acceptors (Lipinski definition) is 6. The van der Waals surface area contributed by atoms with Crippen LogP contribution in [0.2, 0.25) is 0 Å². The number of hydrogen-bond donors (Lipinski definition) is 1. The molecule has 7 nitrogen and oxygen atoms in total. The predicted octanol–water partition coefficient (Wildman–Crippen LogP) is 3.35. The van der Waals surface area contributed by atoms with E-state index in [0.717, 1.165) is 18.5 Å². The minimum absolute atomic E-state index is 0.0317. The first kappa shape index (κ1) is 20.7. The Bertz CT molecular complexity index is 1090. The largest absolute Gasteiger partial charge is 0.384 e. The Morgan fingerprint density at radius 3 is 2.65 bits per heavy atom. The van der Waals surface area contributed by atoms with Crippen molar-refractivity contribution in [2.24, 2.45) is 0 Å². The van der Waals surface area contributed by atoms with Gasteiger partial charge in [-0.1, -0.05) is 18.2 Å². The molecule has 1 aliphatic heterocycles. The molecule has 0 spiro atoms. The molecule has 3 heterocycles. The van der Waals surface area contributed by atoms with E-state index in [-0.39, 0.29) is 17.6 Å². The highest BCUT2D eigenvalue weighted by Gasteiger charge is 2.29. The molecule has 1 aromatic carbocycles. The number of rotatable bonds is 4. The van der Waals surface area contributed by atoms with E-state index in [1.807, 2.05) is 23.9 Å². The van der Waals surface area contributed by atoms with Crippen LogP contribution in [0, 0.1) is 5.82 Å². The van der Waals surface area contributed by atoms with Crippen LogP contribution in [0.25, 0.3) is 11.1 Å². The summed E-state index contributed by atoms with van der Waals surface area (Å²) in [5.74, 6) is 0.491. The van der Waals surface area contributed by atoms with E-state index in [9.17, 15) is 9.18 Å². The molecule has 0 unspecified atom stereocenters. The highest BCUT2D eigenvalue weighted by Crippen LogP contribution is 2.35. The Morgan fingerprint density at radius 2 is 1.94 bits per heavy atom. The number of piperidine rings is 1. The summed E-state index contributed by atoms with van der Waals surface area (Å²) in [5.41, 5.74) is 8.03. The molecular weight excluding hydrogens is 395 g/mol. The van der Waals surface area contributed by atoms with Crippen molar-refractivity contribution in [2.45, 2.75) is 18.8 Å². The molecule has 31 heavy (non-hydrogen) atoms. The van der Waals surface area contributed by atoms with Crippen LogP contribution in [0.1, 0.15) is 34.8 Å². The fraction of sp³-hybridized carbons (Fsp3) is 0.304. The number of halogens is 1. The Labute approximate surface area is 180 Å². The van der Waals surface area contributed by atoms with Gasteiger partial charge in [-0.15, -0.1) is 0 Å². The number of carbonyl (C=O) groups excluding carboxylic acids is 1. The minimum atomic E-state index is -0.318. The van der Waals surface area contributed by atoms with Gasteiger partial charge in [-0.2, -0.15) is 0 Å². The highest BCUT2D eigenvalue weighted by molar-refractivity contribution is 5.94. The molecule has 3 aromatic rings. The van der Waals surface area contributed by atoms with E-state index in [2.05, 4.69) is 9.97 Å². The molecule has 2 aromatic heterocycles. The van der Waals surface area contributed by atoms with Gasteiger partial charge in [-0.25, -0.2) is 19.3 Å². The van der Waals surface area contributed by atoms with Crippen molar-refractivity contribution in [2.75, 3.05) is 37.8 Å². The van der Waals surface area contributed by atoms with Gasteiger partial charge in [0.05, 0.1) is 11.3 Å². The third-order valence-electron chi connectivity index (χ3n) is 5.50. The van der Waals surface area contributed by atoms with Crippen molar-refractivity contribution in [3.63, 3.8) is 0 Å². The molecule has 0 aliphatic carbocycles. The number of amides is 1. The van der Waals surface area contributed by atoms with Gasteiger partial charge in [-0.05, 0) is 31.0 Å². The second-order valence-electron chi connectivity index (χ2n) is 7.91. The molecule has 160 valence electrons. The summed E-state index contributed by atoms with van der Waals surface area (Å²) < 4.78 is 14.6. The van der Waals surface area contributed by atoms with Crippen molar-refractivity contribution < 1.29 is 9.18 Å². The number of nitrogen functional groups attached to an aromatic ring is 1. The lowest BCUT2D eigenvalue weighted by Gasteiger charge is -2.33. The standard InChI is InChI=1S/C23H25FN6O/c1-29(2)23-27-13-18(17-7-3-4-8-19(17)24)21(28-23)16-6-5-11-30(14-16)22(31)15-9-10-20(25)26-12-15/h3-4,7-10,12-13,16H,5-6,11,14H2,1-2H3,(H2,25,26)/t16-/m0/s1. The number of aromatic nitrogens is 3. The molecule has 0 bridgehead atoms. The third-order valence-corrected chi connectivity index (χ3v) is 5.50. The van der Waals surface area contributed by atoms with Crippen molar-refractivity contribution in [1.29, 1.82) is 0 Å². The van der Waals surface area contributed by atoms with Crippen molar-refractivity contribution in [3.05, 3.63) is 65.9 Å². The summed E-state index contributed by atoms with van der Waals surface area (Å²) in [6.45, 7) is 1.15. The predicted molar refractivity (Wildman–Crippen MR) is 118 cm³/mol. The van der Waals surface area contributed by atoms with E-state index < -0.39 is 0 Å². The summed E-state index contributed by atoms with van der Waals surface area (Å²) in [5, 5.41) is 0. The number of carbonyl (C=O) groups is 1. The SMILES string of the molecule is CN(C)c1ncc(-c2ccccc2F)c([C@H]2CCCN(C(=O)c3ccc(N)nc3)C2)n1. The third kappa shape index (κ3) is 4.33. The fourth-order valence-corrected chi connectivity index (χ4v) is 3.90. The molecule has 1 atom stereocenters. The number of nitrogens with zero attached hydrogens (tertiary/aromatic N) is 5. The summed E-state index contributed by atoms with van der Waals surface area (Å²) in [6, 6.07) is 9.94. The minimum Gasteiger partial charge on any atom is -0.384 e. The first-order valence-corrected chi connectivity index (χ1v) is 10.2. The molecule has 0 radical (unpaired) electrons. The summed E-state index contributed by atoms with van der Waals surface area (Å²) in [4.78, 5) is 29.9. The van der Waals surface area contributed by atoms with Crippen LogP contribution < -0.4 is 10.6 Å². The zero-order chi connectivity index (χ0) is 22.0. The van der Waals surface area contributed by atoms with E-state index in [1.54, 1.807) is 36.5 Å². The Balaban J connectivity index is 1.69. The summed E-state index contributed by atoms with van der Waals surface area (Å²) in [7, 11) is 3.74. The second-order valence-corrected chi connectivity index (χ2v) is 7.91. The van der Waals surface area contributed by atoms with Crippen molar-refractivity contribution in [3.8, 4) is 11.1 Å². The molecule has 1 aliphatic rings. The maximum atomic E-state index is 14.6. The summed E-state index contributed by atoms with van der Waals surface area (Å²) in [6.07, 6.45) is 4.87. The molecule has 1 fully saturated rings. The molecule has 1 amide bonds. The molecule has 8 heteroatoms. The zero-order valence-corrected chi connectivity index (χ0v) is 17.6. The maximum Gasteiger partial charge on any atom is 0.255 e. The van der Waals surface area contributed by atoms with Gasteiger partial charge in [0.1, 0.15) is 11.6 Å². The summed E-state index contributed by atoms with van der Waals surface area (Å²) >= 11 is 0. The number of anilines is 2. The monoisotopic (exact) mass is 420 g/mol. The molecular formula is C23H25FN6O. The lowest BCUT2D eigenvalue weighted by atomic mass is 9.89. The average molecular weight is 420 g/mol. The molecule has 4 rings (SSSR count). The van der Waals surface area contributed by atoms with Gasteiger partial charge in [0.15, 0.2) is 0 Å². The van der Waals surface area contributed by atoms with Gasteiger partial charge >= 0.3 is 0 Å². The van der Waals surface area contributed by atoms with E-state index in [0.29, 0.717) is 41.5 Å². The van der Waals surface area contributed by atoms with Crippen molar-refractivity contribution >= 4 is 17.7 Å². The van der Waals surface area contributed by atoms with E-state index in [1.165, 1.54) is 12.3 Å². The smallest absolute Gasteiger partial charge is 0.255 e. The second kappa shape index (κ2) is 8.67. The van der Waals surface area contributed by atoms with Gasteiger partial charge in [-0.3, -0.25) is 4.79 Å². The average Bonchev–Trinajstić information content (AvgIpc) is 2.79. The van der Waals surface area contributed by atoms with Crippen LogP contribution in [0.4, 0.5) is 16.2 Å². The van der Waals surface area contributed by atoms with Crippen LogP contribution in [0.15, 0.2) is 48.8 Å². The van der Waals surface area contributed by atoms with Gasteiger partial charge < -0.3 is 15.5 Å². The first-order valence-electron chi connectivity index (χ1n) is 10.2. The van der Waals surface area contributed by atoms with Gasteiger partial charge in [0.2, 0.25) is 5.95 Å². The van der Waals surface area contributed by atoms with Gasteiger partial charge in [0.25, 0.3) is 5.91 Å². The fourth-order valence-electron chi connectivity index (χ4n) is 3.90. The zero-order valence-electron chi connectivity index (χ0n) is 17.6. The van der Waals surface area contributed by atoms with Crippen LogP contribution >= 0.6 is 0 Å². The number of benzene rings is 1. The first-order chi connectivity index (χ1) is 14.9. The highest BCUT2D eigenvalue weighted by atomic mass is 19.1. The van der Waals surface area contributed by atoms with Gasteiger partial charge in [0, 0.05) is 56.6 Å². The number of likely N-dealkylation sites (tertiary alicyclic amines) is 1. The van der Waals surface area contributed by atoms with Crippen LogP contribution in [-0.2, 0) is 0 Å². The van der Waals surface area contributed by atoms with Crippen LogP contribution in [-0.4, -0.2) is 52.9 Å². The van der Waals surface area contributed by atoms with E-state index in [4.69, 9.17) is 10.7 Å². The topological polar surface area (TPSA) is 88.2 Å². The Hall–Kier alpha value is -3.55. The molecule has 2 N–H and O–H groups in total. The lowest BCUT2D eigenvalue weighted by Crippen LogP contribution is -2.39. The Morgan fingerprint density at radius 1 is 1.13 bits per heavy atom. The number of nitrogens with two attached hydrogens (primary N) is 1. The van der Waals surface area contributed by atoms with Crippen molar-refractivity contribution in [1.82, 2.24) is 19.9 Å². The molecule has 0 saturated carbocycles. The van der Waals surface area contributed by atoms with Crippen LogP contribution in [0.3, 0.4) is 0 Å².